The van der Waals surface area contributed by atoms with Gasteiger partial charge in [0, 0.05) is 23.9 Å². The van der Waals surface area contributed by atoms with Crippen LogP contribution in [0.2, 0.25) is 0 Å². The molecule has 0 atom stereocenters. The zero-order valence-electron chi connectivity index (χ0n) is 19.5. The van der Waals surface area contributed by atoms with Crippen molar-refractivity contribution in [2.24, 2.45) is 0 Å². The average Bonchev–Trinajstić information content (AvgIpc) is 3.30. The Morgan fingerprint density at radius 1 is 1.00 bits per heavy atom. The van der Waals surface area contributed by atoms with Crippen LogP contribution in [0.25, 0.3) is 16.9 Å². The molecule has 0 spiro atoms. The quantitative estimate of drug-likeness (QED) is 0.357. The number of amides is 1. The summed E-state index contributed by atoms with van der Waals surface area (Å²) in [5.74, 6) is -1.39. The fourth-order valence-electron chi connectivity index (χ4n) is 3.75. The Bertz CT molecular complexity index is 1270. The Hall–Kier alpha value is -4.04. The van der Waals surface area contributed by atoms with Gasteiger partial charge in [0.05, 0.1) is 25.0 Å². The number of likely N-dealkylation sites (N-methyl/N-ethyl adjacent to an activating group) is 1. The topological polar surface area (TPSA) is 59.4 Å². The van der Waals surface area contributed by atoms with E-state index in [-0.39, 0.29) is 6.54 Å². The highest BCUT2D eigenvalue weighted by atomic mass is 19.1. The van der Waals surface area contributed by atoms with Gasteiger partial charge in [-0.05, 0) is 55.1 Å². The number of hydrogen-bond donors (Lipinski definition) is 1. The van der Waals surface area contributed by atoms with E-state index in [9.17, 15) is 13.6 Å². The van der Waals surface area contributed by atoms with Crippen LogP contribution in [0.3, 0.4) is 0 Å². The molecule has 0 unspecified atom stereocenters. The van der Waals surface area contributed by atoms with Gasteiger partial charge in [-0.3, -0.25) is 9.69 Å². The first-order chi connectivity index (χ1) is 17.0. The number of ether oxygens (including phenoxy) is 1. The molecule has 0 bridgehead atoms. The lowest BCUT2D eigenvalue weighted by Gasteiger charge is -2.20. The minimum atomic E-state index is -0.813. The lowest BCUT2D eigenvalue weighted by atomic mass is 10.1. The van der Waals surface area contributed by atoms with Crippen LogP contribution in [0.5, 0.6) is 5.75 Å². The number of methoxy groups -OCH3 is 1. The summed E-state index contributed by atoms with van der Waals surface area (Å²) in [5.41, 5.74) is 3.05. The third kappa shape index (κ3) is 5.73. The minimum Gasteiger partial charge on any atom is -0.497 e. The first-order valence-corrected chi connectivity index (χ1v) is 11.2. The number of nitrogens with zero attached hydrogens (tertiary/aromatic N) is 3. The molecule has 6 nitrogen and oxygen atoms in total. The van der Waals surface area contributed by atoms with Crippen molar-refractivity contribution >= 4 is 11.6 Å². The first-order valence-electron chi connectivity index (χ1n) is 11.2. The van der Waals surface area contributed by atoms with Gasteiger partial charge < -0.3 is 10.1 Å². The summed E-state index contributed by atoms with van der Waals surface area (Å²) in [6.45, 7) is 2.85. The molecular weight excluding hydrogens is 450 g/mol. The van der Waals surface area contributed by atoms with E-state index in [4.69, 9.17) is 9.84 Å². The summed E-state index contributed by atoms with van der Waals surface area (Å²) in [7, 11) is 1.61. The van der Waals surface area contributed by atoms with Gasteiger partial charge >= 0.3 is 0 Å². The minimum absolute atomic E-state index is 0.0388. The molecule has 180 valence electrons. The van der Waals surface area contributed by atoms with Gasteiger partial charge in [-0.25, -0.2) is 13.5 Å². The number of nitrogens with one attached hydrogen (secondary N) is 1. The van der Waals surface area contributed by atoms with Crippen molar-refractivity contribution < 1.29 is 18.3 Å². The molecule has 35 heavy (non-hydrogen) atoms. The second-order valence-electron chi connectivity index (χ2n) is 7.96. The number of carbonyl (C=O) groups excluding carboxylic acids is 1. The van der Waals surface area contributed by atoms with Gasteiger partial charge in [0.2, 0.25) is 5.91 Å². The van der Waals surface area contributed by atoms with E-state index < -0.39 is 23.2 Å². The maximum Gasteiger partial charge on any atom is 0.238 e. The highest BCUT2D eigenvalue weighted by molar-refractivity contribution is 5.92. The van der Waals surface area contributed by atoms with Crippen LogP contribution in [-0.4, -0.2) is 40.8 Å². The van der Waals surface area contributed by atoms with Gasteiger partial charge in [-0.2, -0.15) is 5.10 Å². The van der Waals surface area contributed by atoms with Crippen molar-refractivity contribution in [1.82, 2.24) is 14.7 Å². The number of hydrogen-bond acceptors (Lipinski definition) is 4. The average molecular weight is 477 g/mol. The van der Waals surface area contributed by atoms with E-state index in [2.05, 4.69) is 5.32 Å². The molecule has 0 aliphatic carbocycles. The van der Waals surface area contributed by atoms with Crippen molar-refractivity contribution in [2.45, 2.75) is 13.5 Å². The highest BCUT2D eigenvalue weighted by Crippen LogP contribution is 2.27. The summed E-state index contributed by atoms with van der Waals surface area (Å²) < 4.78 is 35.0. The number of carbonyl (C=O) groups is 1. The number of halogens is 2. The molecule has 4 aromatic rings. The molecule has 0 aliphatic heterocycles. The standard InChI is InChI=1S/C27H26F2N4O2/c1-3-32(18-25(34)30-27-23(28)10-7-11-24(27)29)16-20-17-33(21-8-5-4-6-9-21)31-26(20)19-12-14-22(35-2)15-13-19/h4-15,17H,3,16,18H2,1-2H3,(H,30,34). The molecule has 1 heterocycles. The Labute approximate surface area is 202 Å². The zero-order valence-corrected chi connectivity index (χ0v) is 19.5. The van der Waals surface area contributed by atoms with Crippen molar-refractivity contribution in [3.8, 4) is 22.7 Å². The summed E-state index contributed by atoms with van der Waals surface area (Å²) in [4.78, 5) is 14.5. The fraction of sp³-hybridized carbons (Fsp3) is 0.185. The Balaban J connectivity index is 1.59. The van der Waals surface area contributed by atoms with Crippen LogP contribution < -0.4 is 10.1 Å². The lowest BCUT2D eigenvalue weighted by Crippen LogP contribution is -2.33. The number of anilines is 1. The molecule has 4 rings (SSSR count). The van der Waals surface area contributed by atoms with E-state index in [1.165, 1.54) is 6.07 Å². The molecule has 0 fully saturated rings. The maximum atomic E-state index is 13.9. The third-order valence-electron chi connectivity index (χ3n) is 5.61. The van der Waals surface area contributed by atoms with Crippen molar-refractivity contribution in [1.29, 1.82) is 0 Å². The van der Waals surface area contributed by atoms with Gasteiger partial charge in [-0.15, -0.1) is 0 Å². The van der Waals surface area contributed by atoms with Crippen molar-refractivity contribution in [3.05, 3.63) is 96.2 Å². The first kappa shape index (κ1) is 24.1. The van der Waals surface area contributed by atoms with Gasteiger partial charge in [-0.1, -0.05) is 31.2 Å². The van der Waals surface area contributed by atoms with Gasteiger partial charge in [0.15, 0.2) is 0 Å². The number of para-hydroxylation sites is 2. The van der Waals surface area contributed by atoms with Crippen LogP contribution in [-0.2, 0) is 11.3 Å². The van der Waals surface area contributed by atoms with Crippen LogP contribution in [0.4, 0.5) is 14.5 Å². The summed E-state index contributed by atoms with van der Waals surface area (Å²) in [5, 5.41) is 7.17. The SMILES string of the molecule is CCN(CC(=O)Nc1c(F)cccc1F)Cc1cn(-c2ccccc2)nc1-c1ccc(OC)cc1. The second kappa shape index (κ2) is 10.9. The van der Waals surface area contributed by atoms with Crippen LogP contribution in [0.1, 0.15) is 12.5 Å². The molecule has 1 aromatic heterocycles. The Kier molecular flexibility index (Phi) is 7.52. The maximum absolute atomic E-state index is 13.9. The molecule has 1 amide bonds. The second-order valence-corrected chi connectivity index (χ2v) is 7.96. The summed E-state index contributed by atoms with van der Waals surface area (Å²) >= 11 is 0. The van der Waals surface area contributed by atoms with E-state index in [0.29, 0.717) is 13.1 Å². The highest BCUT2D eigenvalue weighted by Gasteiger charge is 2.18. The van der Waals surface area contributed by atoms with Crippen molar-refractivity contribution in [3.63, 3.8) is 0 Å². The number of rotatable bonds is 9. The molecule has 0 aliphatic rings. The number of aromatic nitrogens is 2. The predicted octanol–water partition coefficient (Wildman–Crippen LogP) is 5.29. The molecule has 0 saturated carbocycles. The Morgan fingerprint density at radius 3 is 2.31 bits per heavy atom. The molecule has 8 heteroatoms. The van der Waals surface area contributed by atoms with Crippen molar-refractivity contribution in [2.75, 3.05) is 25.5 Å². The van der Waals surface area contributed by atoms with Crippen LogP contribution >= 0.6 is 0 Å². The third-order valence-corrected chi connectivity index (χ3v) is 5.61. The van der Waals surface area contributed by atoms with E-state index in [1.807, 2.05) is 72.6 Å². The van der Waals surface area contributed by atoms with E-state index >= 15 is 0 Å². The van der Waals surface area contributed by atoms with Crippen LogP contribution in [0, 0.1) is 11.6 Å². The monoisotopic (exact) mass is 476 g/mol. The van der Waals surface area contributed by atoms with Gasteiger partial charge in [0.1, 0.15) is 23.1 Å². The summed E-state index contributed by atoms with van der Waals surface area (Å²) in [6.07, 6.45) is 1.94. The van der Waals surface area contributed by atoms with E-state index in [0.717, 1.165) is 40.4 Å². The van der Waals surface area contributed by atoms with E-state index in [1.54, 1.807) is 11.8 Å². The Morgan fingerprint density at radius 2 is 1.69 bits per heavy atom. The molecule has 1 N–H and O–H groups in total. The molecule has 0 saturated heterocycles. The largest absolute Gasteiger partial charge is 0.497 e. The molecule has 0 radical (unpaired) electrons. The number of benzene rings is 3. The smallest absolute Gasteiger partial charge is 0.238 e. The predicted molar refractivity (Wildman–Crippen MR) is 131 cm³/mol. The molecule has 3 aromatic carbocycles. The normalized spacial score (nSPS) is 11.0. The summed E-state index contributed by atoms with van der Waals surface area (Å²) in [6, 6.07) is 20.8. The zero-order chi connectivity index (χ0) is 24.8. The molecular formula is C27H26F2N4O2. The van der Waals surface area contributed by atoms with Gasteiger partial charge in [0.25, 0.3) is 0 Å². The fourth-order valence-corrected chi connectivity index (χ4v) is 3.75. The lowest BCUT2D eigenvalue weighted by molar-refractivity contribution is -0.117. The van der Waals surface area contributed by atoms with Crippen LogP contribution in [0.15, 0.2) is 79.0 Å².